The van der Waals surface area contributed by atoms with Crippen LogP contribution in [0.4, 0.5) is 5.82 Å². The van der Waals surface area contributed by atoms with E-state index in [9.17, 15) is 4.79 Å². The molecule has 0 radical (unpaired) electrons. The van der Waals surface area contributed by atoms with E-state index in [2.05, 4.69) is 30.3 Å². The number of anilines is 1. The lowest BCUT2D eigenvalue weighted by molar-refractivity contribution is 0.0950. The highest BCUT2D eigenvalue weighted by molar-refractivity contribution is 6.31. The lowest BCUT2D eigenvalue weighted by Gasteiger charge is -2.12. The molecule has 3 aromatic heterocycles. The van der Waals surface area contributed by atoms with Crippen LogP contribution in [0.3, 0.4) is 0 Å². The van der Waals surface area contributed by atoms with Crippen molar-refractivity contribution in [2.75, 3.05) is 5.73 Å². The Kier molecular flexibility index (Phi) is 7.10. The maximum atomic E-state index is 12.8. The van der Waals surface area contributed by atoms with E-state index in [-0.39, 0.29) is 12.5 Å². The topological polar surface area (TPSA) is 143 Å². The van der Waals surface area contributed by atoms with Gasteiger partial charge in [0.1, 0.15) is 5.82 Å². The van der Waals surface area contributed by atoms with Crippen LogP contribution in [-0.4, -0.2) is 20.9 Å². The molecule has 35 heavy (non-hydrogen) atoms. The van der Waals surface area contributed by atoms with Gasteiger partial charge in [0.05, 0.1) is 17.1 Å². The molecule has 0 aliphatic rings. The normalized spacial score (nSPS) is 10.7. The number of carbonyl (C=O) groups is 1. The number of rotatable bonds is 7. The smallest absolute Gasteiger partial charge is 0.251 e. The largest absolute Gasteiger partial charge is 0.384 e. The van der Waals surface area contributed by atoms with Gasteiger partial charge in [0.25, 0.3) is 5.91 Å². The van der Waals surface area contributed by atoms with Crippen molar-refractivity contribution in [3.63, 3.8) is 0 Å². The molecule has 1 aromatic carbocycles. The highest BCUT2D eigenvalue weighted by Crippen LogP contribution is 2.24. The summed E-state index contributed by atoms with van der Waals surface area (Å²) in [4.78, 5) is 28.8. The van der Waals surface area contributed by atoms with Gasteiger partial charge in [0.15, 0.2) is 0 Å². The number of fused-ring (bicyclic) bond motifs is 1. The monoisotopic (exact) mass is 486 g/mol. The van der Waals surface area contributed by atoms with Crippen molar-refractivity contribution < 1.29 is 4.79 Å². The molecule has 4 aromatic rings. The number of carbonyl (C=O) groups excluding carboxylic acids is 1. The third kappa shape index (κ3) is 5.66. The van der Waals surface area contributed by atoms with Gasteiger partial charge in [-0.15, -0.1) is 0 Å². The zero-order chi connectivity index (χ0) is 24.9. The van der Waals surface area contributed by atoms with Gasteiger partial charge in [-0.1, -0.05) is 22.8 Å². The van der Waals surface area contributed by atoms with Crippen molar-refractivity contribution in [3.05, 3.63) is 103 Å². The number of hydrogen-bond donors (Lipinski definition) is 2. The van der Waals surface area contributed by atoms with Crippen LogP contribution in [0.1, 0.15) is 44.0 Å². The van der Waals surface area contributed by atoms with E-state index >= 15 is 0 Å². The first-order valence-corrected chi connectivity index (χ1v) is 11.3. The van der Waals surface area contributed by atoms with Crippen LogP contribution < -0.4 is 11.1 Å². The third-order valence-electron chi connectivity index (χ3n) is 5.66. The van der Waals surface area contributed by atoms with E-state index in [1.165, 1.54) is 0 Å². The molecular weight excluding hydrogens is 464 g/mol. The van der Waals surface area contributed by atoms with Gasteiger partial charge in [-0.05, 0) is 72.0 Å². The Labute approximate surface area is 207 Å². The minimum absolute atomic E-state index is 0.171. The average Bonchev–Trinajstić information content (AvgIpc) is 2.81. The summed E-state index contributed by atoms with van der Waals surface area (Å²) in [7, 11) is 0. The number of hydrogen-bond acceptors (Lipinski definition) is 6. The molecule has 0 atom stereocenters. The zero-order valence-electron chi connectivity index (χ0n) is 19.3. The Morgan fingerprint density at radius 1 is 1.20 bits per heavy atom. The SMILES string of the molecule is Cc1cc(N)nc(C)c1CNC(=O)c1ccnc(Cc2cc(CN=[N+]=[N-])c3ncc(Cl)cc3c2)c1. The van der Waals surface area contributed by atoms with Gasteiger partial charge in [0.2, 0.25) is 0 Å². The molecule has 0 saturated heterocycles. The van der Waals surface area contributed by atoms with Gasteiger partial charge >= 0.3 is 0 Å². The van der Waals surface area contributed by atoms with Crippen molar-refractivity contribution in [2.24, 2.45) is 5.11 Å². The molecule has 3 N–H and O–H groups in total. The number of nitrogens with zero attached hydrogens (tertiary/aromatic N) is 6. The summed E-state index contributed by atoms with van der Waals surface area (Å²) in [5, 5.41) is 8.00. The molecule has 0 aliphatic carbocycles. The van der Waals surface area contributed by atoms with Crippen molar-refractivity contribution in [1.82, 2.24) is 20.3 Å². The second kappa shape index (κ2) is 10.4. The highest BCUT2D eigenvalue weighted by Gasteiger charge is 2.12. The number of halogens is 1. The molecular formula is C25H23ClN8O. The Morgan fingerprint density at radius 2 is 2.03 bits per heavy atom. The predicted molar refractivity (Wildman–Crippen MR) is 136 cm³/mol. The summed E-state index contributed by atoms with van der Waals surface area (Å²) in [6.07, 6.45) is 3.66. The molecule has 0 spiro atoms. The standard InChI is InChI=1S/C25H23ClN8O/c1-14-5-23(27)33-15(2)22(14)13-31-25(35)17-3-4-29-21(10-17)8-16-6-18-9-20(26)12-30-24(18)19(7-16)11-32-34-28/h3-7,9-10,12H,8,11,13H2,1-2H3,(H2,27,33)(H,31,35). The molecule has 10 heteroatoms. The van der Waals surface area contributed by atoms with Gasteiger partial charge < -0.3 is 11.1 Å². The fraction of sp³-hybridized carbons (Fsp3) is 0.200. The number of aryl methyl sites for hydroxylation is 2. The number of nitrogens with one attached hydrogen (secondary N) is 1. The summed E-state index contributed by atoms with van der Waals surface area (Å²) in [5.41, 5.74) is 21.0. The molecule has 3 heterocycles. The number of nitrogen functional groups attached to an aromatic ring is 1. The van der Waals surface area contributed by atoms with Crippen molar-refractivity contribution in [2.45, 2.75) is 33.4 Å². The lowest BCUT2D eigenvalue weighted by atomic mass is 10.0. The average molecular weight is 487 g/mol. The quantitative estimate of drug-likeness (QED) is 0.209. The van der Waals surface area contributed by atoms with E-state index in [1.807, 2.05) is 32.0 Å². The van der Waals surface area contributed by atoms with Crippen LogP contribution in [0.5, 0.6) is 0 Å². The van der Waals surface area contributed by atoms with Crippen LogP contribution in [0.25, 0.3) is 21.3 Å². The molecule has 0 unspecified atom stereocenters. The summed E-state index contributed by atoms with van der Waals surface area (Å²) in [6, 6.07) is 11.0. The fourth-order valence-electron chi connectivity index (χ4n) is 4.05. The molecule has 176 valence electrons. The van der Waals surface area contributed by atoms with Crippen LogP contribution >= 0.6 is 11.6 Å². The number of pyridine rings is 3. The zero-order valence-corrected chi connectivity index (χ0v) is 20.0. The van der Waals surface area contributed by atoms with Gasteiger partial charge in [-0.2, -0.15) is 0 Å². The van der Waals surface area contributed by atoms with Gasteiger partial charge in [0, 0.05) is 52.6 Å². The maximum Gasteiger partial charge on any atom is 0.251 e. The van der Waals surface area contributed by atoms with Crippen molar-refractivity contribution in [3.8, 4) is 0 Å². The number of amides is 1. The van der Waals surface area contributed by atoms with Crippen molar-refractivity contribution in [1.29, 1.82) is 0 Å². The second-order valence-electron chi connectivity index (χ2n) is 8.19. The molecule has 0 saturated carbocycles. The third-order valence-corrected chi connectivity index (χ3v) is 5.86. The molecule has 1 amide bonds. The number of azide groups is 1. The van der Waals surface area contributed by atoms with Crippen LogP contribution in [0, 0.1) is 13.8 Å². The van der Waals surface area contributed by atoms with E-state index in [0.29, 0.717) is 29.4 Å². The number of aromatic nitrogens is 3. The molecule has 9 nitrogen and oxygen atoms in total. The fourth-order valence-corrected chi connectivity index (χ4v) is 4.21. The van der Waals surface area contributed by atoms with Gasteiger partial charge in [-0.3, -0.25) is 14.8 Å². The first-order chi connectivity index (χ1) is 16.8. The predicted octanol–water partition coefficient (Wildman–Crippen LogP) is 5.21. The lowest BCUT2D eigenvalue weighted by Crippen LogP contribution is -2.24. The first-order valence-electron chi connectivity index (χ1n) is 10.9. The Morgan fingerprint density at radius 3 is 2.80 bits per heavy atom. The minimum atomic E-state index is -0.206. The van der Waals surface area contributed by atoms with E-state index in [4.69, 9.17) is 22.9 Å². The summed E-state index contributed by atoms with van der Waals surface area (Å²) < 4.78 is 0. The number of nitrogens with two attached hydrogens (primary N) is 1. The minimum Gasteiger partial charge on any atom is -0.384 e. The van der Waals surface area contributed by atoms with Gasteiger partial charge in [-0.25, -0.2) is 4.98 Å². The maximum absolute atomic E-state index is 12.8. The molecule has 4 rings (SSSR count). The summed E-state index contributed by atoms with van der Waals surface area (Å²) in [5.74, 6) is 0.256. The van der Waals surface area contributed by atoms with Crippen LogP contribution in [0.15, 0.2) is 53.9 Å². The van der Waals surface area contributed by atoms with E-state index in [0.717, 1.165) is 44.5 Å². The Bertz CT molecular complexity index is 1460. The van der Waals surface area contributed by atoms with E-state index in [1.54, 1.807) is 30.6 Å². The van der Waals surface area contributed by atoms with Crippen LogP contribution in [0.2, 0.25) is 5.02 Å². The number of benzene rings is 1. The van der Waals surface area contributed by atoms with Crippen molar-refractivity contribution >= 4 is 34.2 Å². The highest BCUT2D eigenvalue weighted by atomic mass is 35.5. The van der Waals surface area contributed by atoms with Crippen LogP contribution in [-0.2, 0) is 19.5 Å². The Balaban J connectivity index is 1.55. The molecule has 0 aliphatic heterocycles. The summed E-state index contributed by atoms with van der Waals surface area (Å²) in [6.45, 7) is 4.34. The Hall–Kier alpha value is -4.20. The summed E-state index contributed by atoms with van der Waals surface area (Å²) >= 11 is 6.13. The first kappa shape index (κ1) is 23.9. The molecule has 0 bridgehead atoms. The van der Waals surface area contributed by atoms with E-state index < -0.39 is 0 Å². The second-order valence-corrected chi connectivity index (χ2v) is 8.63. The molecule has 0 fully saturated rings.